The number of rotatable bonds is 7. The summed E-state index contributed by atoms with van der Waals surface area (Å²) in [7, 11) is 0. The minimum atomic E-state index is -1.18. The lowest BCUT2D eigenvalue weighted by Gasteiger charge is -2.08. The van der Waals surface area contributed by atoms with Gasteiger partial charge in [0.05, 0.1) is 16.8 Å². The van der Waals surface area contributed by atoms with Gasteiger partial charge >= 0.3 is 5.97 Å². The molecule has 1 N–H and O–H groups in total. The molecule has 0 aliphatic rings. The van der Waals surface area contributed by atoms with Crippen molar-refractivity contribution in [1.29, 1.82) is 10.7 Å². The number of carbonyl (C=O) groups excluding carboxylic acids is 2. The van der Waals surface area contributed by atoms with Gasteiger partial charge in [0.15, 0.2) is 12.4 Å². The van der Waals surface area contributed by atoms with E-state index in [-0.39, 0.29) is 11.5 Å². The van der Waals surface area contributed by atoms with Crippen molar-refractivity contribution in [2.45, 2.75) is 11.8 Å². The second-order valence-electron chi connectivity index (χ2n) is 4.24. The fourth-order valence-electron chi connectivity index (χ4n) is 1.41. The van der Waals surface area contributed by atoms with Crippen LogP contribution in [0.5, 0.6) is 0 Å². The van der Waals surface area contributed by atoms with Gasteiger partial charge in [-0.25, -0.2) is 0 Å². The first kappa shape index (κ1) is 18.5. The highest BCUT2D eigenvalue weighted by Crippen LogP contribution is 2.29. The van der Waals surface area contributed by atoms with Gasteiger partial charge in [-0.3, -0.25) is 9.59 Å². The number of nitrogens with zero attached hydrogens (tertiary/aromatic N) is 1. The van der Waals surface area contributed by atoms with Crippen molar-refractivity contribution >= 4 is 52.4 Å². The smallest absolute Gasteiger partial charge is 0.316 e. The molecule has 22 heavy (non-hydrogen) atoms. The molecule has 1 atom stereocenters. The number of Topliss-reactive ketones (excluding diaryl/α,β-unsaturated/α-hetero) is 1. The van der Waals surface area contributed by atoms with Crippen molar-refractivity contribution in [1.82, 2.24) is 0 Å². The largest absolute Gasteiger partial charge is 0.457 e. The number of ketones is 1. The molecule has 0 saturated carbocycles. The number of thioether (sulfide) groups is 1. The predicted octanol–water partition coefficient (Wildman–Crippen LogP) is 3.38. The highest BCUT2D eigenvalue weighted by molar-refractivity contribution is 8.00. The molecule has 1 rings (SSSR count). The first-order valence-corrected chi connectivity index (χ1v) is 7.80. The van der Waals surface area contributed by atoms with Gasteiger partial charge in [0.25, 0.3) is 0 Å². The van der Waals surface area contributed by atoms with Gasteiger partial charge in [-0.1, -0.05) is 23.2 Å². The molecule has 116 valence electrons. The van der Waals surface area contributed by atoms with Crippen LogP contribution in [0, 0.1) is 22.7 Å². The molecule has 0 saturated heterocycles. The Morgan fingerprint density at radius 2 is 2.14 bits per heavy atom. The summed E-state index contributed by atoms with van der Waals surface area (Å²) in [5, 5.41) is 17.0. The lowest BCUT2D eigenvalue weighted by molar-refractivity contribution is -0.145. The number of ether oxygens (including phenoxy) is 1. The highest BCUT2D eigenvalue weighted by Gasteiger charge is 2.21. The molecule has 8 heteroatoms. The normalized spacial score (nSPS) is 11.4. The van der Waals surface area contributed by atoms with Gasteiger partial charge in [-0.15, -0.1) is 11.8 Å². The third-order valence-electron chi connectivity index (χ3n) is 2.50. The molecule has 1 aromatic carbocycles. The molecule has 0 amide bonds. The quantitative estimate of drug-likeness (QED) is 0.458. The van der Waals surface area contributed by atoms with Crippen LogP contribution in [0.15, 0.2) is 23.1 Å². The van der Waals surface area contributed by atoms with E-state index < -0.39 is 24.3 Å². The summed E-state index contributed by atoms with van der Waals surface area (Å²) in [6, 6.07) is 6.56. The topological polar surface area (TPSA) is 91.0 Å². The Labute approximate surface area is 142 Å². The van der Waals surface area contributed by atoms with Crippen molar-refractivity contribution in [2.24, 2.45) is 5.92 Å². The van der Waals surface area contributed by atoms with Crippen molar-refractivity contribution in [3.63, 3.8) is 0 Å². The number of esters is 1. The van der Waals surface area contributed by atoms with Gasteiger partial charge in [0, 0.05) is 15.6 Å². The van der Waals surface area contributed by atoms with Gasteiger partial charge < -0.3 is 10.1 Å². The zero-order chi connectivity index (χ0) is 16.7. The third-order valence-corrected chi connectivity index (χ3v) is 4.20. The maximum atomic E-state index is 11.6. The number of hydrogen-bond acceptors (Lipinski definition) is 6. The Balaban J connectivity index is 2.47. The Morgan fingerprint density at radius 1 is 1.45 bits per heavy atom. The van der Waals surface area contributed by atoms with Gasteiger partial charge in [0.1, 0.15) is 5.92 Å². The number of hydrogen-bond donors (Lipinski definition) is 1. The van der Waals surface area contributed by atoms with Crippen LogP contribution < -0.4 is 0 Å². The zero-order valence-corrected chi connectivity index (χ0v) is 13.9. The summed E-state index contributed by atoms with van der Waals surface area (Å²) in [5.41, 5.74) is -0.0800. The number of benzene rings is 1. The summed E-state index contributed by atoms with van der Waals surface area (Å²) < 4.78 is 4.80. The van der Waals surface area contributed by atoms with Crippen molar-refractivity contribution in [3.05, 3.63) is 28.2 Å². The van der Waals surface area contributed by atoms with E-state index in [1.165, 1.54) is 6.92 Å². The number of halogens is 2. The molecule has 0 aliphatic carbocycles. The van der Waals surface area contributed by atoms with Crippen LogP contribution in [-0.4, -0.2) is 29.8 Å². The monoisotopic (exact) mass is 358 g/mol. The molecule has 0 aromatic heterocycles. The van der Waals surface area contributed by atoms with Crippen LogP contribution in [-0.2, 0) is 14.3 Å². The molecule has 0 radical (unpaired) electrons. The van der Waals surface area contributed by atoms with E-state index in [9.17, 15) is 9.59 Å². The van der Waals surface area contributed by atoms with Crippen LogP contribution in [0.4, 0.5) is 0 Å². The van der Waals surface area contributed by atoms with Crippen LogP contribution in [0.25, 0.3) is 0 Å². The van der Waals surface area contributed by atoms with Gasteiger partial charge in [-0.2, -0.15) is 5.26 Å². The first-order valence-electron chi connectivity index (χ1n) is 6.06. The maximum Gasteiger partial charge on any atom is 0.316 e. The fraction of sp³-hybridized carbons (Fsp3) is 0.286. The Hall–Kier alpha value is -1.55. The summed E-state index contributed by atoms with van der Waals surface area (Å²) in [6.45, 7) is 0.821. The summed E-state index contributed by atoms with van der Waals surface area (Å²) in [6.07, 6.45) is 0. The lowest BCUT2D eigenvalue weighted by Crippen LogP contribution is -2.26. The first-order chi connectivity index (χ1) is 10.3. The Morgan fingerprint density at radius 3 is 2.73 bits per heavy atom. The Bertz CT molecular complexity index is 643. The van der Waals surface area contributed by atoms with E-state index in [2.05, 4.69) is 0 Å². The van der Waals surface area contributed by atoms with Crippen LogP contribution in [0.1, 0.15) is 6.92 Å². The van der Waals surface area contributed by atoms with Gasteiger partial charge in [0.2, 0.25) is 0 Å². The van der Waals surface area contributed by atoms with E-state index in [1.54, 1.807) is 24.3 Å². The molecule has 0 aliphatic heterocycles. The van der Waals surface area contributed by atoms with E-state index in [0.29, 0.717) is 14.9 Å². The second-order valence-corrected chi connectivity index (χ2v) is 6.10. The lowest BCUT2D eigenvalue weighted by atomic mass is 10.0. The molecule has 1 unspecified atom stereocenters. The van der Waals surface area contributed by atoms with Crippen molar-refractivity contribution < 1.29 is 14.3 Å². The van der Waals surface area contributed by atoms with Crippen LogP contribution in [0.3, 0.4) is 0 Å². The molecule has 0 heterocycles. The van der Waals surface area contributed by atoms with Crippen LogP contribution >= 0.6 is 35.0 Å². The standard InChI is InChI=1S/C14H12Cl2N2O3S/c1-8(18)10(5-17)12(19)6-21-14(20)7-22-13-4-9(15)2-3-11(13)16/h2-4,10,18H,6-7H2,1H3. The molecule has 1 aromatic rings. The number of nitriles is 1. The molecule has 0 bridgehead atoms. The van der Waals surface area contributed by atoms with E-state index in [4.69, 9.17) is 38.6 Å². The molecule has 0 spiro atoms. The minimum absolute atomic E-state index is 0.0475. The highest BCUT2D eigenvalue weighted by atomic mass is 35.5. The predicted molar refractivity (Wildman–Crippen MR) is 85.7 cm³/mol. The molecular formula is C14H12Cl2N2O3S. The minimum Gasteiger partial charge on any atom is -0.457 e. The average molecular weight is 359 g/mol. The van der Waals surface area contributed by atoms with Crippen molar-refractivity contribution in [3.8, 4) is 6.07 Å². The summed E-state index contributed by atoms with van der Waals surface area (Å²) in [4.78, 5) is 23.8. The van der Waals surface area contributed by atoms with E-state index in [0.717, 1.165) is 11.8 Å². The van der Waals surface area contributed by atoms with E-state index in [1.807, 2.05) is 0 Å². The number of nitrogens with one attached hydrogen (secondary N) is 1. The summed E-state index contributed by atoms with van der Waals surface area (Å²) in [5.74, 6) is -2.46. The van der Waals surface area contributed by atoms with Crippen molar-refractivity contribution in [2.75, 3.05) is 12.4 Å². The van der Waals surface area contributed by atoms with Gasteiger partial charge in [-0.05, 0) is 25.1 Å². The maximum absolute atomic E-state index is 11.6. The third kappa shape index (κ3) is 5.68. The number of carbonyl (C=O) groups is 2. The SMILES string of the molecule is CC(=N)C(C#N)C(=O)COC(=O)CSc1cc(Cl)ccc1Cl. The summed E-state index contributed by atoms with van der Waals surface area (Å²) >= 11 is 12.9. The fourth-order valence-corrected chi connectivity index (χ4v) is 2.70. The zero-order valence-electron chi connectivity index (χ0n) is 11.6. The van der Waals surface area contributed by atoms with Crippen LogP contribution in [0.2, 0.25) is 10.0 Å². The average Bonchev–Trinajstić information content (AvgIpc) is 2.46. The second kappa shape index (κ2) is 8.79. The van der Waals surface area contributed by atoms with E-state index >= 15 is 0 Å². The molecule has 0 fully saturated rings. The molecular weight excluding hydrogens is 347 g/mol. The Kier molecular flexibility index (Phi) is 7.39. The molecule has 5 nitrogen and oxygen atoms in total.